The molecule has 0 saturated heterocycles. The monoisotopic (exact) mass is 314 g/mol. The first-order valence-electron chi connectivity index (χ1n) is 6.79. The van der Waals surface area contributed by atoms with E-state index in [9.17, 15) is 14.7 Å². The molecule has 6 heteroatoms. The number of thiophene rings is 1. The minimum Gasteiger partial charge on any atom is -0.480 e. The highest BCUT2D eigenvalue weighted by Gasteiger charge is 2.21. The number of aliphatic carboxylic acids is 1. The number of fused-ring (bicyclic) bond motifs is 1. The molecule has 2 aromatic heterocycles. The number of carboxylic acid groups (broad SMARTS) is 1. The first kappa shape index (κ1) is 14.5. The third kappa shape index (κ3) is 2.21. The van der Waals surface area contributed by atoms with Crippen LogP contribution in [0.5, 0.6) is 0 Å². The van der Waals surface area contributed by atoms with E-state index in [1.807, 2.05) is 35.7 Å². The fourth-order valence-electron chi connectivity index (χ4n) is 2.50. The first-order valence-corrected chi connectivity index (χ1v) is 7.67. The molecule has 0 saturated carbocycles. The third-order valence-corrected chi connectivity index (χ3v) is 4.52. The molecule has 0 spiro atoms. The van der Waals surface area contributed by atoms with Crippen LogP contribution in [0, 0.1) is 6.92 Å². The Bertz CT molecular complexity index is 912. The quantitative estimate of drug-likeness (QED) is 0.806. The van der Waals surface area contributed by atoms with E-state index in [0.29, 0.717) is 16.0 Å². The van der Waals surface area contributed by atoms with Gasteiger partial charge in [0.2, 0.25) is 0 Å². The summed E-state index contributed by atoms with van der Waals surface area (Å²) in [5, 5.41) is 11.6. The maximum absolute atomic E-state index is 12.8. The minimum absolute atomic E-state index is 0.308. The molecule has 0 radical (unpaired) electrons. The van der Waals surface area contributed by atoms with Crippen LogP contribution in [0.2, 0.25) is 0 Å². The second-order valence-electron chi connectivity index (χ2n) is 5.04. The summed E-state index contributed by atoms with van der Waals surface area (Å²) in [7, 11) is 0. The van der Waals surface area contributed by atoms with Crippen LogP contribution in [0.25, 0.3) is 21.3 Å². The van der Waals surface area contributed by atoms with Crippen LogP contribution in [-0.2, 0) is 4.79 Å². The molecule has 22 heavy (non-hydrogen) atoms. The van der Waals surface area contributed by atoms with Crippen LogP contribution in [0.1, 0.15) is 18.8 Å². The summed E-state index contributed by atoms with van der Waals surface area (Å²) in [6.45, 7) is 3.14. The zero-order valence-electron chi connectivity index (χ0n) is 12.1. The molecule has 1 aromatic carbocycles. The van der Waals surface area contributed by atoms with E-state index < -0.39 is 12.0 Å². The van der Waals surface area contributed by atoms with Crippen molar-refractivity contribution in [3.63, 3.8) is 0 Å². The fourth-order valence-corrected chi connectivity index (χ4v) is 3.48. The summed E-state index contributed by atoms with van der Waals surface area (Å²) in [4.78, 5) is 29.1. The van der Waals surface area contributed by atoms with Crippen LogP contribution in [0.3, 0.4) is 0 Å². The molecule has 0 bridgehead atoms. The second-order valence-corrected chi connectivity index (χ2v) is 5.90. The van der Waals surface area contributed by atoms with Gasteiger partial charge in [-0.1, -0.05) is 30.3 Å². The molecule has 3 aromatic rings. The van der Waals surface area contributed by atoms with Crippen molar-refractivity contribution in [3.05, 3.63) is 51.9 Å². The molecule has 112 valence electrons. The van der Waals surface area contributed by atoms with Gasteiger partial charge in [0, 0.05) is 10.9 Å². The number of benzene rings is 1. The number of hydrogen-bond acceptors (Lipinski definition) is 4. The Labute approximate surface area is 130 Å². The first-order chi connectivity index (χ1) is 10.5. The fraction of sp³-hybridized carbons (Fsp3) is 0.188. The molecule has 3 rings (SSSR count). The standard InChI is InChI=1S/C16H14N2O3S/c1-9(16(20)21)18-10(2)17-14-13(15(18)19)12(8-22-14)11-6-4-3-5-7-11/h3-9H,1-2H3,(H,20,21). The molecule has 0 aliphatic carbocycles. The largest absolute Gasteiger partial charge is 0.480 e. The number of aryl methyl sites for hydroxylation is 1. The van der Waals surface area contributed by atoms with E-state index >= 15 is 0 Å². The van der Waals surface area contributed by atoms with Crippen molar-refractivity contribution in [1.29, 1.82) is 0 Å². The van der Waals surface area contributed by atoms with Gasteiger partial charge in [-0.15, -0.1) is 11.3 Å². The number of nitrogens with zero attached hydrogens (tertiary/aromatic N) is 2. The van der Waals surface area contributed by atoms with Crippen LogP contribution in [-0.4, -0.2) is 20.6 Å². The number of carbonyl (C=O) groups is 1. The molecule has 0 aliphatic rings. The van der Waals surface area contributed by atoms with Gasteiger partial charge in [0.05, 0.1) is 5.39 Å². The van der Waals surface area contributed by atoms with Crippen molar-refractivity contribution < 1.29 is 9.90 Å². The van der Waals surface area contributed by atoms with Gasteiger partial charge in [0.15, 0.2) is 0 Å². The molecular weight excluding hydrogens is 300 g/mol. The summed E-state index contributed by atoms with van der Waals surface area (Å²) >= 11 is 1.39. The van der Waals surface area contributed by atoms with Crippen LogP contribution in [0.4, 0.5) is 0 Å². The molecule has 5 nitrogen and oxygen atoms in total. The minimum atomic E-state index is -1.05. The van der Waals surface area contributed by atoms with Crippen LogP contribution >= 0.6 is 11.3 Å². The van der Waals surface area contributed by atoms with E-state index in [2.05, 4.69) is 4.98 Å². The molecule has 1 N–H and O–H groups in total. The van der Waals surface area contributed by atoms with Crippen LogP contribution < -0.4 is 5.56 Å². The zero-order chi connectivity index (χ0) is 15.9. The zero-order valence-corrected chi connectivity index (χ0v) is 12.9. The predicted octanol–water partition coefficient (Wildman–Crippen LogP) is 3.08. The van der Waals surface area contributed by atoms with E-state index in [-0.39, 0.29) is 5.56 Å². The van der Waals surface area contributed by atoms with Crippen molar-refractivity contribution in [2.24, 2.45) is 0 Å². The third-order valence-electron chi connectivity index (χ3n) is 3.65. The van der Waals surface area contributed by atoms with E-state index in [0.717, 1.165) is 11.1 Å². The number of carboxylic acids is 1. The second kappa shape index (κ2) is 5.38. The Morgan fingerprint density at radius 1 is 1.32 bits per heavy atom. The van der Waals surface area contributed by atoms with Crippen LogP contribution in [0.15, 0.2) is 40.5 Å². The molecule has 0 fully saturated rings. The summed E-state index contributed by atoms with van der Waals surface area (Å²) in [5.74, 6) is -0.642. The SMILES string of the molecule is Cc1nc2scc(-c3ccccc3)c2c(=O)n1C(C)C(=O)O. The summed E-state index contributed by atoms with van der Waals surface area (Å²) < 4.78 is 1.24. The Morgan fingerprint density at radius 2 is 2.00 bits per heavy atom. The lowest BCUT2D eigenvalue weighted by atomic mass is 10.1. The average Bonchev–Trinajstić information content (AvgIpc) is 2.91. The predicted molar refractivity (Wildman–Crippen MR) is 86.4 cm³/mol. The highest BCUT2D eigenvalue weighted by molar-refractivity contribution is 7.17. The smallest absolute Gasteiger partial charge is 0.326 e. The molecule has 0 amide bonds. The lowest BCUT2D eigenvalue weighted by molar-refractivity contribution is -0.140. The summed E-state index contributed by atoms with van der Waals surface area (Å²) in [5.41, 5.74) is 1.41. The van der Waals surface area contributed by atoms with Gasteiger partial charge in [0.25, 0.3) is 5.56 Å². The van der Waals surface area contributed by atoms with Gasteiger partial charge in [-0.2, -0.15) is 0 Å². The Balaban J connectivity index is 2.34. The van der Waals surface area contributed by atoms with Gasteiger partial charge in [-0.3, -0.25) is 9.36 Å². The molecule has 1 atom stereocenters. The lowest BCUT2D eigenvalue weighted by Gasteiger charge is -2.13. The van der Waals surface area contributed by atoms with Gasteiger partial charge in [0.1, 0.15) is 16.7 Å². The number of aromatic nitrogens is 2. The molecule has 1 unspecified atom stereocenters. The van der Waals surface area contributed by atoms with Gasteiger partial charge < -0.3 is 5.11 Å². The van der Waals surface area contributed by atoms with Crippen molar-refractivity contribution in [2.75, 3.05) is 0 Å². The molecule has 2 heterocycles. The van der Waals surface area contributed by atoms with Crippen molar-refractivity contribution in [3.8, 4) is 11.1 Å². The average molecular weight is 314 g/mol. The van der Waals surface area contributed by atoms with Gasteiger partial charge in [-0.05, 0) is 19.4 Å². The maximum atomic E-state index is 12.8. The Hall–Kier alpha value is -2.47. The Kier molecular flexibility index (Phi) is 3.54. The van der Waals surface area contributed by atoms with E-state index in [1.54, 1.807) is 6.92 Å². The topological polar surface area (TPSA) is 72.2 Å². The van der Waals surface area contributed by atoms with E-state index in [1.165, 1.54) is 22.8 Å². The lowest BCUT2D eigenvalue weighted by Crippen LogP contribution is -2.30. The Morgan fingerprint density at radius 3 is 2.64 bits per heavy atom. The van der Waals surface area contributed by atoms with Crippen molar-refractivity contribution >= 4 is 27.5 Å². The summed E-state index contributed by atoms with van der Waals surface area (Å²) in [6, 6.07) is 8.61. The van der Waals surface area contributed by atoms with Gasteiger partial charge >= 0.3 is 5.97 Å². The highest BCUT2D eigenvalue weighted by Crippen LogP contribution is 2.31. The molecular formula is C16H14N2O3S. The number of rotatable bonds is 3. The van der Waals surface area contributed by atoms with Gasteiger partial charge in [-0.25, -0.2) is 9.78 Å². The van der Waals surface area contributed by atoms with Crippen molar-refractivity contribution in [1.82, 2.24) is 9.55 Å². The van der Waals surface area contributed by atoms with Crippen molar-refractivity contribution in [2.45, 2.75) is 19.9 Å². The highest BCUT2D eigenvalue weighted by atomic mass is 32.1. The maximum Gasteiger partial charge on any atom is 0.326 e. The molecule has 0 aliphatic heterocycles. The van der Waals surface area contributed by atoms with E-state index in [4.69, 9.17) is 0 Å². The number of hydrogen-bond donors (Lipinski definition) is 1. The summed E-state index contributed by atoms with van der Waals surface area (Å²) in [6.07, 6.45) is 0. The normalized spacial score (nSPS) is 12.5.